The van der Waals surface area contributed by atoms with Crippen LogP contribution in [-0.4, -0.2) is 19.9 Å². The lowest BCUT2D eigenvalue weighted by molar-refractivity contribution is 0.601. The second kappa shape index (κ2) is 3.94. The summed E-state index contributed by atoms with van der Waals surface area (Å²) in [6.07, 6.45) is 0.746. The zero-order chi connectivity index (χ0) is 10.9. The number of hydrogen-bond donors (Lipinski definition) is 1. The van der Waals surface area contributed by atoms with E-state index in [1.165, 1.54) is 0 Å². The molecule has 2 rings (SSSR count). The molecule has 2 N–H and O–H groups in total. The van der Waals surface area contributed by atoms with E-state index in [2.05, 4.69) is 0 Å². The van der Waals surface area contributed by atoms with Gasteiger partial charge in [-0.1, -0.05) is 24.3 Å². The van der Waals surface area contributed by atoms with E-state index in [9.17, 15) is 8.42 Å². The highest BCUT2D eigenvalue weighted by Crippen LogP contribution is 2.29. The third-order valence-corrected chi connectivity index (χ3v) is 4.66. The molecule has 1 aliphatic rings. The SMILES string of the molecule is NCc1cccc(C2CCS(=O)(=O)C2)c1. The van der Waals surface area contributed by atoms with Gasteiger partial charge in [-0.05, 0) is 23.5 Å². The molecule has 3 nitrogen and oxygen atoms in total. The van der Waals surface area contributed by atoms with Crippen LogP contribution in [0, 0.1) is 0 Å². The average Bonchev–Trinajstić information content (AvgIpc) is 2.59. The molecule has 0 spiro atoms. The van der Waals surface area contributed by atoms with Crippen LogP contribution in [0.4, 0.5) is 0 Å². The molecule has 1 unspecified atom stereocenters. The highest BCUT2D eigenvalue weighted by Gasteiger charge is 2.28. The number of hydrogen-bond acceptors (Lipinski definition) is 3. The number of sulfone groups is 1. The Hall–Kier alpha value is -0.870. The Labute approximate surface area is 90.2 Å². The van der Waals surface area contributed by atoms with Crippen LogP contribution >= 0.6 is 0 Å². The van der Waals surface area contributed by atoms with Gasteiger partial charge in [-0.25, -0.2) is 8.42 Å². The summed E-state index contributed by atoms with van der Waals surface area (Å²) in [6.45, 7) is 0.507. The lowest BCUT2D eigenvalue weighted by atomic mass is 9.97. The van der Waals surface area contributed by atoms with Gasteiger partial charge in [0.2, 0.25) is 0 Å². The smallest absolute Gasteiger partial charge is 0.150 e. The van der Waals surface area contributed by atoms with Crippen LogP contribution in [0.25, 0.3) is 0 Å². The summed E-state index contributed by atoms with van der Waals surface area (Å²) in [6, 6.07) is 7.92. The molecule has 15 heavy (non-hydrogen) atoms. The van der Waals surface area contributed by atoms with Crippen molar-refractivity contribution in [3.8, 4) is 0 Å². The molecule has 82 valence electrons. The Bertz CT molecular complexity index is 453. The summed E-state index contributed by atoms with van der Waals surface area (Å²) in [5.41, 5.74) is 7.73. The lowest BCUT2D eigenvalue weighted by Crippen LogP contribution is -2.04. The summed E-state index contributed by atoms with van der Waals surface area (Å²) < 4.78 is 22.7. The predicted octanol–water partition coefficient (Wildman–Crippen LogP) is 1.05. The van der Waals surface area contributed by atoms with Crippen LogP contribution in [0.5, 0.6) is 0 Å². The first-order valence-electron chi connectivity index (χ1n) is 5.10. The van der Waals surface area contributed by atoms with Gasteiger partial charge in [0.05, 0.1) is 11.5 Å². The summed E-state index contributed by atoms with van der Waals surface area (Å²) in [7, 11) is -2.79. The Morgan fingerprint density at radius 1 is 1.40 bits per heavy atom. The fourth-order valence-electron chi connectivity index (χ4n) is 2.03. The Kier molecular flexibility index (Phi) is 2.80. The zero-order valence-electron chi connectivity index (χ0n) is 8.52. The monoisotopic (exact) mass is 225 g/mol. The van der Waals surface area contributed by atoms with Crippen LogP contribution < -0.4 is 5.73 Å². The Balaban J connectivity index is 2.24. The normalized spacial score (nSPS) is 24.2. The van der Waals surface area contributed by atoms with Crippen molar-refractivity contribution in [3.63, 3.8) is 0 Å². The maximum absolute atomic E-state index is 11.3. The predicted molar refractivity (Wildman–Crippen MR) is 60.3 cm³/mol. The quantitative estimate of drug-likeness (QED) is 0.818. The van der Waals surface area contributed by atoms with Crippen molar-refractivity contribution < 1.29 is 8.42 Å². The molecule has 0 aromatic heterocycles. The molecular weight excluding hydrogens is 210 g/mol. The number of benzene rings is 1. The minimum atomic E-state index is -2.79. The number of nitrogens with two attached hydrogens (primary N) is 1. The van der Waals surface area contributed by atoms with Gasteiger partial charge in [-0.3, -0.25) is 0 Å². The Morgan fingerprint density at radius 3 is 2.80 bits per heavy atom. The molecule has 1 saturated heterocycles. The van der Waals surface area contributed by atoms with Crippen molar-refractivity contribution in [2.75, 3.05) is 11.5 Å². The molecule has 0 amide bonds. The van der Waals surface area contributed by atoms with Crippen LogP contribution in [-0.2, 0) is 16.4 Å². The summed E-state index contributed by atoms with van der Waals surface area (Å²) in [5.74, 6) is 0.785. The van der Waals surface area contributed by atoms with Gasteiger partial charge >= 0.3 is 0 Å². The first-order valence-corrected chi connectivity index (χ1v) is 6.92. The third kappa shape index (κ3) is 2.38. The Morgan fingerprint density at radius 2 is 2.20 bits per heavy atom. The van der Waals surface area contributed by atoms with E-state index in [0.717, 1.165) is 17.5 Å². The molecule has 4 heteroatoms. The van der Waals surface area contributed by atoms with Crippen molar-refractivity contribution in [2.24, 2.45) is 5.73 Å². The van der Waals surface area contributed by atoms with Crippen molar-refractivity contribution in [3.05, 3.63) is 35.4 Å². The van der Waals surface area contributed by atoms with E-state index in [0.29, 0.717) is 18.1 Å². The molecule has 1 aromatic carbocycles. The van der Waals surface area contributed by atoms with E-state index in [4.69, 9.17) is 5.73 Å². The largest absolute Gasteiger partial charge is 0.326 e. The number of rotatable bonds is 2. The summed E-state index contributed by atoms with van der Waals surface area (Å²) in [5, 5.41) is 0. The van der Waals surface area contributed by atoms with Crippen molar-refractivity contribution >= 4 is 9.84 Å². The third-order valence-electron chi connectivity index (χ3n) is 2.89. The molecule has 0 bridgehead atoms. The molecule has 0 radical (unpaired) electrons. The molecule has 1 heterocycles. The van der Waals surface area contributed by atoms with Crippen LogP contribution in [0.1, 0.15) is 23.5 Å². The van der Waals surface area contributed by atoms with Gasteiger partial charge in [0.25, 0.3) is 0 Å². The van der Waals surface area contributed by atoms with E-state index in [1.807, 2.05) is 24.3 Å². The summed E-state index contributed by atoms with van der Waals surface area (Å²) in [4.78, 5) is 0. The van der Waals surface area contributed by atoms with Crippen LogP contribution in [0.2, 0.25) is 0 Å². The standard InChI is InChI=1S/C11H15NO2S/c12-7-9-2-1-3-10(6-9)11-4-5-15(13,14)8-11/h1-3,6,11H,4-5,7-8,12H2. The first kappa shape index (κ1) is 10.6. The minimum Gasteiger partial charge on any atom is -0.326 e. The fraction of sp³-hybridized carbons (Fsp3) is 0.455. The van der Waals surface area contributed by atoms with Gasteiger partial charge < -0.3 is 5.73 Å². The highest BCUT2D eigenvalue weighted by molar-refractivity contribution is 7.91. The minimum absolute atomic E-state index is 0.168. The molecule has 1 aromatic rings. The maximum Gasteiger partial charge on any atom is 0.150 e. The van der Waals surface area contributed by atoms with Gasteiger partial charge in [0.15, 0.2) is 9.84 Å². The van der Waals surface area contributed by atoms with E-state index >= 15 is 0 Å². The second-order valence-electron chi connectivity index (χ2n) is 4.05. The van der Waals surface area contributed by atoms with Gasteiger partial charge in [-0.15, -0.1) is 0 Å². The van der Waals surface area contributed by atoms with Crippen molar-refractivity contribution in [2.45, 2.75) is 18.9 Å². The van der Waals surface area contributed by atoms with Crippen molar-refractivity contribution in [1.82, 2.24) is 0 Å². The first-order chi connectivity index (χ1) is 7.11. The molecule has 0 aliphatic carbocycles. The fourth-order valence-corrected chi connectivity index (χ4v) is 3.81. The molecule has 0 saturated carbocycles. The van der Waals surface area contributed by atoms with Gasteiger partial charge in [0.1, 0.15) is 0 Å². The second-order valence-corrected chi connectivity index (χ2v) is 6.28. The molecular formula is C11H15NO2S. The van der Waals surface area contributed by atoms with Crippen LogP contribution in [0.15, 0.2) is 24.3 Å². The maximum atomic E-state index is 11.3. The molecule has 1 aliphatic heterocycles. The zero-order valence-corrected chi connectivity index (χ0v) is 9.33. The van der Waals surface area contributed by atoms with E-state index < -0.39 is 9.84 Å². The van der Waals surface area contributed by atoms with Crippen molar-refractivity contribution in [1.29, 1.82) is 0 Å². The average molecular weight is 225 g/mol. The summed E-state index contributed by atoms with van der Waals surface area (Å²) >= 11 is 0. The van der Waals surface area contributed by atoms with Crippen LogP contribution in [0.3, 0.4) is 0 Å². The highest BCUT2D eigenvalue weighted by atomic mass is 32.2. The molecule has 1 atom stereocenters. The lowest BCUT2D eigenvalue weighted by Gasteiger charge is -2.09. The van der Waals surface area contributed by atoms with E-state index in [1.54, 1.807) is 0 Å². The van der Waals surface area contributed by atoms with E-state index in [-0.39, 0.29) is 5.92 Å². The van der Waals surface area contributed by atoms with Gasteiger partial charge in [0, 0.05) is 6.54 Å². The topological polar surface area (TPSA) is 60.2 Å². The van der Waals surface area contributed by atoms with Gasteiger partial charge in [-0.2, -0.15) is 0 Å². The molecule has 1 fully saturated rings.